The first-order chi connectivity index (χ1) is 12.1. The van der Waals surface area contributed by atoms with Crippen molar-refractivity contribution in [3.8, 4) is 0 Å². The second-order valence-corrected chi connectivity index (χ2v) is 10.0. The molecule has 0 aromatic heterocycles. The number of benzene rings is 1. The predicted octanol–water partition coefficient (Wildman–Crippen LogP) is 3.70. The third kappa shape index (κ3) is 5.59. The minimum Gasteiger partial charge on any atom is -0.353 e. The minimum atomic E-state index is -3.48. The summed E-state index contributed by atoms with van der Waals surface area (Å²) in [5.41, 5.74) is 0.529. The van der Waals surface area contributed by atoms with Crippen molar-refractivity contribution in [2.24, 2.45) is 11.8 Å². The van der Waals surface area contributed by atoms with Crippen LogP contribution >= 0.6 is 23.2 Å². The van der Waals surface area contributed by atoms with E-state index in [2.05, 4.69) is 19.2 Å². The van der Waals surface area contributed by atoms with E-state index in [1.165, 1.54) is 4.31 Å². The molecule has 1 amide bonds. The van der Waals surface area contributed by atoms with E-state index in [1.54, 1.807) is 18.2 Å². The van der Waals surface area contributed by atoms with Crippen molar-refractivity contribution in [2.75, 3.05) is 13.1 Å². The van der Waals surface area contributed by atoms with Crippen molar-refractivity contribution < 1.29 is 13.2 Å². The van der Waals surface area contributed by atoms with Crippen LogP contribution in [0.5, 0.6) is 0 Å². The van der Waals surface area contributed by atoms with Crippen LogP contribution in [0, 0.1) is 11.8 Å². The largest absolute Gasteiger partial charge is 0.353 e. The molecule has 8 heteroatoms. The zero-order valence-electron chi connectivity index (χ0n) is 15.3. The lowest BCUT2D eigenvalue weighted by Gasteiger charge is -2.31. The number of amides is 1. The van der Waals surface area contributed by atoms with Gasteiger partial charge in [0.15, 0.2) is 0 Å². The summed E-state index contributed by atoms with van der Waals surface area (Å²) >= 11 is 11.9. The smallest absolute Gasteiger partial charge is 0.223 e. The molecule has 0 unspecified atom stereocenters. The average molecular weight is 421 g/mol. The number of hydrogen-bond acceptors (Lipinski definition) is 3. The Morgan fingerprint density at radius 2 is 1.85 bits per heavy atom. The number of halogens is 2. The molecule has 1 heterocycles. The van der Waals surface area contributed by atoms with Crippen molar-refractivity contribution in [1.82, 2.24) is 9.62 Å². The molecule has 0 aliphatic carbocycles. The number of carbonyl (C=O) groups is 1. The fraction of sp³-hybridized carbons (Fsp3) is 0.611. The maximum absolute atomic E-state index is 12.7. The van der Waals surface area contributed by atoms with E-state index in [4.69, 9.17) is 23.2 Å². The van der Waals surface area contributed by atoms with Gasteiger partial charge < -0.3 is 5.32 Å². The van der Waals surface area contributed by atoms with Crippen LogP contribution in [-0.2, 0) is 20.6 Å². The summed E-state index contributed by atoms with van der Waals surface area (Å²) in [6.45, 7) is 6.80. The zero-order valence-corrected chi connectivity index (χ0v) is 17.7. The molecule has 0 spiro atoms. The van der Waals surface area contributed by atoms with E-state index in [-0.39, 0.29) is 23.6 Å². The number of nitrogens with one attached hydrogen (secondary N) is 1. The Hall–Kier alpha value is -0.820. The third-order valence-electron chi connectivity index (χ3n) is 4.94. The molecule has 5 nitrogen and oxygen atoms in total. The number of sulfonamides is 1. The van der Waals surface area contributed by atoms with Crippen LogP contribution in [-0.4, -0.2) is 37.8 Å². The van der Waals surface area contributed by atoms with Gasteiger partial charge in [-0.1, -0.05) is 43.1 Å². The Morgan fingerprint density at radius 3 is 2.38 bits per heavy atom. The SMILES string of the molecule is CC(C)[C@@H](C)NC(=O)C1CCN(S(=O)(=O)Cc2ccc(Cl)cc2Cl)CC1. The predicted molar refractivity (Wildman–Crippen MR) is 106 cm³/mol. The molecule has 0 saturated carbocycles. The maximum atomic E-state index is 12.7. The van der Waals surface area contributed by atoms with Crippen molar-refractivity contribution in [1.29, 1.82) is 0 Å². The molecule has 1 fully saturated rings. The highest BCUT2D eigenvalue weighted by Gasteiger charge is 2.32. The van der Waals surface area contributed by atoms with Crippen LogP contribution in [0.1, 0.15) is 39.2 Å². The Balaban J connectivity index is 1.94. The summed E-state index contributed by atoms with van der Waals surface area (Å²) in [5, 5.41) is 3.83. The number of piperidine rings is 1. The van der Waals surface area contributed by atoms with Crippen LogP contribution in [0.2, 0.25) is 10.0 Å². The van der Waals surface area contributed by atoms with Crippen LogP contribution in [0.4, 0.5) is 0 Å². The van der Waals surface area contributed by atoms with E-state index in [0.29, 0.717) is 47.5 Å². The lowest BCUT2D eigenvalue weighted by molar-refractivity contribution is -0.127. The molecule has 1 aromatic rings. The molecule has 26 heavy (non-hydrogen) atoms. The van der Waals surface area contributed by atoms with Crippen LogP contribution in [0.15, 0.2) is 18.2 Å². The van der Waals surface area contributed by atoms with Gasteiger partial charge in [0.25, 0.3) is 0 Å². The lowest BCUT2D eigenvalue weighted by atomic mass is 9.96. The van der Waals surface area contributed by atoms with E-state index in [1.807, 2.05) is 6.92 Å². The van der Waals surface area contributed by atoms with Gasteiger partial charge >= 0.3 is 0 Å². The molecule has 2 rings (SSSR count). The molecule has 1 aromatic carbocycles. The molecule has 1 aliphatic rings. The zero-order chi connectivity index (χ0) is 19.5. The van der Waals surface area contributed by atoms with Gasteiger partial charge in [-0.15, -0.1) is 0 Å². The molecule has 1 aliphatic heterocycles. The first kappa shape index (κ1) is 21.5. The van der Waals surface area contributed by atoms with E-state index >= 15 is 0 Å². The van der Waals surface area contributed by atoms with Gasteiger partial charge in [-0.3, -0.25) is 4.79 Å². The lowest BCUT2D eigenvalue weighted by Crippen LogP contribution is -2.46. The van der Waals surface area contributed by atoms with Crippen molar-refractivity contribution in [3.05, 3.63) is 33.8 Å². The van der Waals surface area contributed by atoms with Gasteiger partial charge in [0.2, 0.25) is 15.9 Å². The van der Waals surface area contributed by atoms with Crippen molar-refractivity contribution >= 4 is 39.1 Å². The Morgan fingerprint density at radius 1 is 1.23 bits per heavy atom. The third-order valence-corrected chi connectivity index (χ3v) is 7.36. The monoisotopic (exact) mass is 420 g/mol. The summed E-state index contributed by atoms with van der Waals surface area (Å²) in [5.74, 6) is 0.0823. The molecule has 1 saturated heterocycles. The Kier molecular flexibility index (Phi) is 7.36. The fourth-order valence-electron chi connectivity index (χ4n) is 2.83. The molecule has 0 radical (unpaired) electrons. The number of rotatable bonds is 6. The van der Waals surface area contributed by atoms with Crippen LogP contribution < -0.4 is 5.32 Å². The Labute approximate surface area is 166 Å². The summed E-state index contributed by atoms with van der Waals surface area (Å²) in [6.07, 6.45) is 1.06. The average Bonchev–Trinajstić information content (AvgIpc) is 2.57. The molecular formula is C18H26Cl2N2O3S. The van der Waals surface area contributed by atoms with E-state index < -0.39 is 10.0 Å². The van der Waals surface area contributed by atoms with Gasteiger partial charge in [0, 0.05) is 35.1 Å². The fourth-order valence-corrected chi connectivity index (χ4v) is 4.98. The molecule has 0 bridgehead atoms. The highest BCUT2D eigenvalue weighted by Crippen LogP contribution is 2.26. The van der Waals surface area contributed by atoms with Gasteiger partial charge in [0.05, 0.1) is 5.75 Å². The van der Waals surface area contributed by atoms with Crippen LogP contribution in [0.3, 0.4) is 0 Å². The van der Waals surface area contributed by atoms with Crippen molar-refractivity contribution in [3.63, 3.8) is 0 Å². The van der Waals surface area contributed by atoms with Crippen molar-refractivity contribution in [2.45, 2.75) is 45.4 Å². The summed E-state index contributed by atoms with van der Waals surface area (Å²) in [6, 6.07) is 4.91. The standard InChI is InChI=1S/C18H26Cl2N2O3S/c1-12(2)13(3)21-18(23)14-6-8-22(9-7-14)26(24,25)11-15-4-5-16(19)10-17(15)20/h4-5,10,12-14H,6-9,11H2,1-3H3,(H,21,23)/t13-/m1/s1. The highest BCUT2D eigenvalue weighted by atomic mass is 35.5. The number of nitrogens with zero attached hydrogens (tertiary/aromatic N) is 1. The molecular weight excluding hydrogens is 395 g/mol. The Bertz CT molecular complexity index is 745. The number of hydrogen-bond donors (Lipinski definition) is 1. The summed E-state index contributed by atoms with van der Waals surface area (Å²) in [7, 11) is -3.48. The maximum Gasteiger partial charge on any atom is 0.223 e. The molecule has 1 N–H and O–H groups in total. The van der Waals surface area contributed by atoms with Gasteiger partial charge in [-0.25, -0.2) is 12.7 Å². The van der Waals surface area contributed by atoms with Gasteiger partial charge in [-0.2, -0.15) is 0 Å². The minimum absolute atomic E-state index is 0.0176. The highest BCUT2D eigenvalue weighted by molar-refractivity contribution is 7.88. The van der Waals surface area contributed by atoms with Gasteiger partial charge in [0.1, 0.15) is 0 Å². The van der Waals surface area contributed by atoms with E-state index in [0.717, 1.165) is 0 Å². The normalized spacial score (nSPS) is 18.1. The quantitative estimate of drug-likeness (QED) is 0.762. The molecule has 146 valence electrons. The van der Waals surface area contributed by atoms with Crippen LogP contribution in [0.25, 0.3) is 0 Å². The second-order valence-electron chi connectivity index (χ2n) is 7.21. The second kappa shape index (κ2) is 8.91. The summed E-state index contributed by atoms with van der Waals surface area (Å²) < 4.78 is 26.8. The van der Waals surface area contributed by atoms with E-state index in [9.17, 15) is 13.2 Å². The topological polar surface area (TPSA) is 66.5 Å². The van der Waals surface area contributed by atoms with Gasteiger partial charge in [-0.05, 0) is 43.4 Å². The molecule has 1 atom stereocenters. The number of carbonyl (C=O) groups excluding carboxylic acids is 1. The summed E-state index contributed by atoms with van der Waals surface area (Å²) in [4.78, 5) is 12.3. The first-order valence-electron chi connectivity index (χ1n) is 8.82. The first-order valence-corrected chi connectivity index (χ1v) is 11.2.